The Hall–Kier alpha value is -2.67. The molecular formula is C16H17N5O2. The van der Waals surface area contributed by atoms with Crippen LogP contribution in [0.5, 0.6) is 6.01 Å². The molecule has 0 bridgehead atoms. The van der Waals surface area contributed by atoms with Crippen molar-refractivity contribution in [3.8, 4) is 6.01 Å². The second-order valence-corrected chi connectivity index (χ2v) is 5.46. The molecule has 0 saturated carbocycles. The van der Waals surface area contributed by atoms with Gasteiger partial charge in [0.05, 0.1) is 6.33 Å². The third-order valence-corrected chi connectivity index (χ3v) is 3.85. The maximum absolute atomic E-state index is 5.99. The molecule has 1 fully saturated rings. The molecule has 1 atom stereocenters. The molecule has 118 valence electrons. The van der Waals surface area contributed by atoms with Crippen molar-refractivity contribution in [2.24, 2.45) is 0 Å². The number of hydrogen-bond donors (Lipinski definition) is 1. The Bertz CT molecular complexity index is 812. The van der Waals surface area contributed by atoms with Crippen LogP contribution < -0.4 is 10.5 Å². The Morgan fingerprint density at radius 2 is 2.13 bits per heavy atom. The number of nitrogen functional groups attached to an aromatic ring is 1. The number of aromatic nitrogens is 4. The normalized spacial score (nSPS) is 17.7. The second-order valence-electron chi connectivity index (χ2n) is 5.46. The lowest BCUT2D eigenvalue weighted by Crippen LogP contribution is -2.08. The fraction of sp³-hybridized carbons (Fsp3) is 0.312. The smallest absolute Gasteiger partial charge is 0.320 e. The van der Waals surface area contributed by atoms with Gasteiger partial charge in [-0.05, 0) is 18.4 Å². The van der Waals surface area contributed by atoms with E-state index in [1.807, 2.05) is 34.9 Å². The van der Waals surface area contributed by atoms with Crippen molar-refractivity contribution in [2.75, 3.05) is 12.3 Å². The molecule has 2 N–H and O–H groups in total. The van der Waals surface area contributed by atoms with Gasteiger partial charge in [0.25, 0.3) is 0 Å². The van der Waals surface area contributed by atoms with Crippen LogP contribution in [-0.2, 0) is 11.3 Å². The number of hydrogen-bond acceptors (Lipinski definition) is 6. The van der Waals surface area contributed by atoms with E-state index in [2.05, 4.69) is 15.0 Å². The lowest BCUT2D eigenvalue weighted by atomic mass is 10.2. The van der Waals surface area contributed by atoms with Gasteiger partial charge in [0.2, 0.25) is 0 Å². The van der Waals surface area contributed by atoms with Crippen LogP contribution in [0.4, 0.5) is 5.82 Å². The Kier molecular flexibility index (Phi) is 3.55. The van der Waals surface area contributed by atoms with Gasteiger partial charge in [-0.25, -0.2) is 4.98 Å². The zero-order chi connectivity index (χ0) is 15.6. The largest absolute Gasteiger partial charge is 0.458 e. The van der Waals surface area contributed by atoms with Crippen LogP contribution in [0.2, 0.25) is 0 Å². The third kappa shape index (κ3) is 2.70. The fourth-order valence-electron chi connectivity index (χ4n) is 2.70. The van der Waals surface area contributed by atoms with Crippen LogP contribution in [0.3, 0.4) is 0 Å². The minimum Gasteiger partial charge on any atom is -0.458 e. The van der Waals surface area contributed by atoms with Crippen molar-refractivity contribution in [1.82, 2.24) is 19.5 Å². The molecule has 1 aliphatic rings. The molecule has 0 aliphatic carbocycles. The lowest BCUT2D eigenvalue weighted by Gasteiger charge is -2.12. The molecule has 3 heterocycles. The highest BCUT2D eigenvalue weighted by atomic mass is 16.5. The van der Waals surface area contributed by atoms with Crippen LogP contribution in [0.1, 0.15) is 24.6 Å². The maximum atomic E-state index is 5.99. The van der Waals surface area contributed by atoms with Gasteiger partial charge in [-0.2, -0.15) is 9.97 Å². The van der Waals surface area contributed by atoms with Gasteiger partial charge in [0.1, 0.15) is 12.8 Å². The number of benzene rings is 1. The molecule has 3 aromatic rings. The fourth-order valence-corrected chi connectivity index (χ4v) is 2.70. The molecule has 4 rings (SSSR count). The molecule has 2 aromatic heterocycles. The summed E-state index contributed by atoms with van der Waals surface area (Å²) in [6.07, 6.45) is 3.63. The molecule has 0 spiro atoms. The highest BCUT2D eigenvalue weighted by Crippen LogP contribution is 2.28. The summed E-state index contributed by atoms with van der Waals surface area (Å²) in [5, 5.41) is 0. The van der Waals surface area contributed by atoms with Crippen LogP contribution >= 0.6 is 0 Å². The van der Waals surface area contributed by atoms with Crippen molar-refractivity contribution in [3.05, 3.63) is 42.2 Å². The quantitative estimate of drug-likeness (QED) is 0.795. The van der Waals surface area contributed by atoms with Gasteiger partial charge in [0.15, 0.2) is 17.0 Å². The van der Waals surface area contributed by atoms with Gasteiger partial charge >= 0.3 is 6.01 Å². The second kappa shape index (κ2) is 5.85. The molecule has 7 nitrogen and oxygen atoms in total. The van der Waals surface area contributed by atoms with Crippen molar-refractivity contribution in [3.63, 3.8) is 0 Å². The zero-order valence-electron chi connectivity index (χ0n) is 12.6. The highest BCUT2D eigenvalue weighted by Gasteiger charge is 2.22. The van der Waals surface area contributed by atoms with Crippen LogP contribution in [-0.4, -0.2) is 26.1 Å². The monoisotopic (exact) mass is 311 g/mol. The predicted molar refractivity (Wildman–Crippen MR) is 84.7 cm³/mol. The number of anilines is 1. The number of rotatable bonds is 4. The van der Waals surface area contributed by atoms with E-state index in [4.69, 9.17) is 15.2 Å². The summed E-state index contributed by atoms with van der Waals surface area (Å²) < 4.78 is 13.3. The first-order valence-electron chi connectivity index (χ1n) is 7.59. The van der Waals surface area contributed by atoms with E-state index in [1.165, 1.54) is 0 Å². The Morgan fingerprint density at radius 3 is 2.91 bits per heavy atom. The van der Waals surface area contributed by atoms with E-state index < -0.39 is 0 Å². The van der Waals surface area contributed by atoms with Gasteiger partial charge in [-0.1, -0.05) is 30.3 Å². The minimum absolute atomic E-state index is 0.0451. The Morgan fingerprint density at radius 1 is 1.26 bits per heavy atom. The van der Waals surface area contributed by atoms with Crippen LogP contribution in [0.15, 0.2) is 36.7 Å². The van der Waals surface area contributed by atoms with Crippen molar-refractivity contribution < 1.29 is 9.47 Å². The highest BCUT2D eigenvalue weighted by molar-refractivity contribution is 5.81. The number of ether oxygens (including phenoxy) is 2. The van der Waals surface area contributed by atoms with Crippen molar-refractivity contribution in [1.29, 1.82) is 0 Å². The molecule has 0 radical (unpaired) electrons. The van der Waals surface area contributed by atoms with Crippen LogP contribution in [0.25, 0.3) is 11.2 Å². The Balaban J connectivity index is 1.63. The first-order valence-corrected chi connectivity index (χ1v) is 7.59. The molecule has 23 heavy (non-hydrogen) atoms. The van der Waals surface area contributed by atoms with Gasteiger partial charge < -0.3 is 15.2 Å². The van der Waals surface area contributed by atoms with Gasteiger partial charge in [-0.15, -0.1) is 0 Å². The zero-order valence-corrected chi connectivity index (χ0v) is 12.6. The molecule has 1 aromatic carbocycles. The summed E-state index contributed by atoms with van der Waals surface area (Å²) in [7, 11) is 0. The number of nitrogens with zero attached hydrogens (tertiary/aromatic N) is 4. The number of imidazole rings is 1. The molecule has 1 unspecified atom stereocenters. The van der Waals surface area contributed by atoms with E-state index in [-0.39, 0.29) is 12.2 Å². The Labute approximate surface area is 133 Å². The van der Waals surface area contributed by atoms with Crippen molar-refractivity contribution >= 4 is 17.0 Å². The van der Waals surface area contributed by atoms with Crippen LogP contribution in [0, 0.1) is 0 Å². The average molecular weight is 311 g/mol. The molecule has 7 heteroatoms. The van der Waals surface area contributed by atoms with E-state index in [0.717, 1.165) is 25.0 Å². The molecule has 0 amide bonds. The van der Waals surface area contributed by atoms with E-state index in [9.17, 15) is 0 Å². The number of nitrogens with two attached hydrogens (primary N) is 1. The first-order chi connectivity index (χ1) is 11.3. The van der Waals surface area contributed by atoms with Crippen molar-refractivity contribution in [2.45, 2.75) is 25.7 Å². The van der Waals surface area contributed by atoms with E-state index >= 15 is 0 Å². The van der Waals surface area contributed by atoms with Gasteiger partial charge in [-0.3, -0.25) is 4.57 Å². The lowest BCUT2D eigenvalue weighted by molar-refractivity contribution is 0.0592. The molecular weight excluding hydrogens is 294 g/mol. The first kappa shape index (κ1) is 14.0. The van der Waals surface area contributed by atoms with Gasteiger partial charge in [0, 0.05) is 6.61 Å². The predicted octanol–water partition coefficient (Wildman–Crippen LogP) is 2.30. The van der Waals surface area contributed by atoms with E-state index in [1.54, 1.807) is 6.33 Å². The summed E-state index contributed by atoms with van der Waals surface area (Å²) in [6.45, 7) is 1.14. The standard InChI is InChI=1S/C16H17N5O2/c17-14-13-15(21(10-18-13)12-7-4-8-22-12)20-16(19-14)23-9-11-5-2-1-3-6-11/h1-3,5-6,10,12H,4,7-9H2,(H2,17,19,20). The summed E-state index contributed by atoms with van der Waals surface area (Å²) in [4.78, 5) is 12.9. The summed E-state index contributed by atoms with van der Waals surface area (Å²) in [5.74, 6) is 0.315. The third-order valence-electron chi connectivity index (χ3n) is 3.85. The number of fused-ring (bicyclic) bond motifs is 1. The maximum Gasteiger partial charge on any atom is 0.320 e. The average Bonchev–Trinajstić information content (AvgIpc) is 3.23. The molecule has 1 saturated heterocycles. The topological polar surface area (TPSA) is 88.1 Å². The minimum atomic E-state index is -0.0451. The summed E-state index contributed by atoms with van der Waals surface area (Å²) in [6, 6.07) is 10.1. The summed E-state index contributed by atoms with van der Waals surface area (Å²) in [5.41, 5.74) is 8.26. The SMILES string of the molecule is Nc1nc(OCc2ccccc2)nc2c1ncn2C1CCCO1. The molecule has 1 aliphatic heterocycles. The summed E-state index contributed by atoms with van der Waals surface area (Å²) >= 11 is 0. The van der Waals surface area contributed by atoms with E-state index in [0.29, 0.717) is 23.6 Å².